The maximum Gasteiger partial charge on any atom is 0.121 e. The molecule has 1 aromatic rings. The molecule has 1 atom stereocenters. The monoisotopic (exact) mass is 248 g/mol. The number of benzene rings is 1. The fourth-order valence-electron chi connectivity index (χ4n) is 2.42. The molecule has 1 fully saturated rings. The van der Waals surface area contributed by atoms with Gasteiger partial charge < -0.3 is 10.5 Å². The molecular formula is C15H24N2O. The highest BCUT2D eigenvalue weighted by molar-refractivity contribution is 5.43. The minimum atomic E-state index is 0.220. The Labute approximate surface area is 110 Å². The number of nitrogens with zero attached hydrogens (tertiary/aromatic N) is 1. The van der Waals surface area contributed by atoms with Crippen molar-refractivity contribution in [2.24, 2.45) is 0 Å². The van der Waals surface area contributed by atoms with E-state index in [9.17, 15) is 0 Å². The molecule has 2 rings (SSSR count). The van der Waals surface area contributed by atoms with E-state index in [1.54, 1.807) is 0 Å². The van der Waals surface area contributed by atoms with Gasteiger partial charge in [0.05, 0.1) is 0 Å². The van der Waals surface area contributed by atoms with Gasteiger partial charge in [-0.05, 0) is 52.3 Å². The molecule has 0 aliphatic carbocycles. The van der Waals surface area contributed by atoms with Crippen molar-refractivity contribution in [3.8, 4) is 5.75 Å². The molecule has 0 amide bonds. The fraction of sp³-hybridized carbons (Fsp3) is 0.600. The Morgan fingerprint density at radius 2 is 2.11 bits per heavy atom. The van der Waals surface area contributed by atoms with Crippen molar-refractivity contribution in [2.75, 3.05) is 18.8 Å². The highest BCUT2D eigenvalue weighted by Crippen LogP contribution is 2.24. The van der Waals surface area contributed by atoms with Crippen molar-refractivity contribution >= 4 is 5.69 Å². The Bertz CT molecular complexity index is 398. The predicted octanol–water partition coefficient (Wildman–Crippen LogP) is 2.91. The molecule has 0 radical (unpaired) electrons. The minimum Gasteiger partial charge on any atom is -0.489 e. The summed E-state index contributed by atoms with van der Waals surface area (Å²) in [6.07, 6.45) is 2.60. The van der Waals surface area contributed by atoms with Crippen LogP contribution in [0, 0.1) is 0 Å². The lowest BCUT2D eigenvalue weighted by Gasteiger charge is -2.41. The van der Waals surface area contributed by atoms with Crippen molar-refractivity contribution in [1.29, 1.82) is 0 Å². The van der Waals surface area contributed by atoms with Crippen LogP contribution < -0.4 is 10.5 Å². The molecule has 3 nitrogen and oxygen atoms in total. The van der Waals surface area contributed by atoms with Gasteiger partial charge in [-0.15, -0.1) is 0 Å². The van der Waals surface area contributed by atoms with E-state index in [1.165, 1.54) is 13.0 Å². The van der Waals surface area contributed by atoms with E-state index in [0.29, 0.717) is 0 Å². The lowest BCUT2D eigenvalue weighted by Crippen LogP contribution is -2.50. The number of hydrogen-bond acceptors (Lipinski definition) is 3. The molecule has 0 aromatic heterocycles. The first-order valence-electron chi connectivity index (χ1n) is 6.72. The van der Waals surface area contributed by atoms with Crippen LogP contribution in [0.15, 0.2) is 24.3 Å². The van der Waals surface area contributed by atoms with Crippen molar-refractivity contribution < 1.29 is 4.74 Å². The number of anilines is 1. The molecule has 1 heterocycles. The zero-order chi connectivity index (χ0) is 13.2. The first-order chi connectivity index (χ1) is 8.45. The zero-order valence-corrected chi connectivity index (χ0v) is 11.6. The first kappa shape index (κ1) is 13.2. The maximum atomic E-state index is 6.04. The fourth-order valence-corrected chi connectivity index (χ4v) is 2.42. The number of hydrogen-bond donors (Lipinski definition) is 1. The third-order valence-electron chi connectivity index (χ3n) is 3.49. The van der Waals surface area contributed by atoms with Crippen LogP contribution in [0.25, 0.3) is 0 Å². The summed E-state index contributed by atoms with van der Waals surface area (Å²) in [6, 6.07) is 7.70. The van der Waals surface area contributed by atoms with Crippen LogP contribution in [0.2, 0.25) is 0 Å². The Morgan fingerprint density at radius 3 is 2.78 bits per heavy atom. The summed E-state index contributed by atoms with van der Waals surface area (Å²) in [6.45, 7) is 8.94. The molecule has 100 valence electrons. The molecule has 1 aliphatic heterocycles. The first-order valence-corrected chi connectivity index (χ1v) is 6.72. The van der Waals surface area contributed by atoms with Crippen LogP contribution in [0.4, 0.5) is 5.69 Å². The second kappa shape index (κ2) is 5.19. The smallest absolute Gasteiger partial charge is 0.121 e. The molecule has 1 saturated heterocycles. The second-order valence-corrected chi connectivity index (χ2v) is 6.07. The predicted molar refractivity (Wildman–Crippen MR) is 75.8 cm³/mol. The normalized spacial score (nSPS) is 21.8. The second-order valence-electron chi connectivity index (χ2n) is 6.07. The van der Waals surface area contributed by atoms with E-state index in [2.05, 4.69) is 25.7 Å². The van der Waals surface area contributed by atoms with Crippen LogP contribution in [-0.4, -0.2) is 29.6 Å². The largest absolute Gasteiger partial charge is 0.489 e. The number of nitrogens with two attached hydrogens (primary N) is 1. The summed E-state index contributed by atoms with van der Waals surface area (Å²) in [7, 11) is 0. The van der Waals surface area contributed by atoms with Crippen LogP contribution in [0.1, 0.15) is 33.6 Å². The summed E-state index contributed by atoms with van der Waals surface area (Å²) in [4.78, 5) is 2.49. The summed E-state index contributed by atoms with van der Waals surface area (Å²) >= 11 is 0. The van der Waals surface area contributed by atoms with Gasteiger partial charge in [0.2, 0.25) is 0 Å². The molecule has 0 bridgehead atoms. The summed E-state index contributed by atoms with van der Waals surface area (Å²) in [5.74, 6) is 0.885. The maximum absolute atomic E-state index is 6.04. The Balaban J connectivity index is 1.98. The van der Waals surface area contributed by atoms with Crippen molar-refractivity contribution in [3.05, 3.63) is 24.3 Å². The lowest BCUT2D eigenvalue weighted by molar-refractivity contribution is 0.0347. The van der Waals surface area contributed by atoms with Gasteiger partial charge in [-0.1, -0.05) is 6.07 Å². The van der Waals surface area contributed by atoms with Crippen LogP contribution >= 0.6 is 0 Å². The molecule has 1 unspecified atom stereocenters. The molecule has 2 N–H and O–H groups in total. The Morgan fingerprint density at radius 1 is 1.33 bits per heavy atom. The van der Waals surface area contributed by atoms with Crippen molar-refractivity contribution in [1.82, 2.24) is 4.90 Å². The lowest BCUT2D eigenvalue weighted by atomic mass is 9.99. The minimum absolute atomic E-state index is 0.220. The van der Waals surface area contributed by atoms with Crippen LogP contribution in [0.5, 0.6) is 5.75 Å². The zero-order valence-electron chi connectivity index (χ0n) is 11.6. The van der Waals surface area contributed by atoms with Gasteiger partial charge in [0.25, 0.3) is 0 Å². The summed E-state index contributed by atoms with van der Waals surface area (Å²) < 4.78 is 6.04. The van der Waals surface area contributed by atoms with Crippen molar-refractivity contribution in [2.45, 2.75) is 45.3 Å². The molecule has 3 heteroatoms. The van der Waals surface area contributed by atoms with Crippen LogP contribution in [0.3, 0.4) is 0 Å². The average Bonchev–Trinajstić information content (AvgIpc) is 2.28. The van der Waals surface area contributed by atoms with Gasteiger partial charge in [0.1, 0.15) is 11.9 Å². The molecule has 0 saturated carbocycles. The van der Waals surface area contributed by atoms with Crippen molar-refractivity contribution in [3.63, 3.8) is 0 Å². The molecule has 1 aliphatic rings. The standard InChI is InChI=1S/C15H24N2O/c1-15(2,3)17-9-5-8-14(11-17)18-13-7-4-6-12(16)10-13/h4,6-7,10,14H,5,8-9,11,16H2,1-3H3. The summed E-state index contributed by atoms with van der Waals surface area (Å²) in [5, 5.41) is 0. The van der Waals surface area contributed by atoms with E-state index in [4.69, 9.17) is 10.5 Å². The quantitative estimate of drug-likeness (QED) is 0.818. The third-order valence-corrected chi connectivity index (χ3v) is 3.49. The number of likely N-dealkylation sites (tertiary alicyclic amines) is 1. The topological polar surface area (TPSA) is 38.5 Å². The van der Waals surface area contributed by atoms with Gasteiger partial charge in [-0.3, -0.25) is 4.90 Å². The number of ether oxygens (including phenoxy) is 1. The van der Waals surface area contributed by atoms with E-state index in [1.807, 2.05) is 24.3 Å². The SMILES string of the molecule is CC(C)(C)N1CCCC(Oc2cccc(N)c2)C1. The van der Waals surface area contributed by atoms with E-state index in [0.717, 1.165) is 24.4 Å². The number of nitrogen functional groups attached to an aromatic ring is 1. The van der Waals surface area contributed by atoms with E-state index >= 15 is 0 Å². The van der Waals surface area contributed by atoms with Crippen LogP contribution in [-0.2, 0) is 0 Å². The van der Waals surface area contributed by atoms with E-state index in [-0.39, 0.29) is 11.6 Å². The number of rotatable bonds is 2. The third kappa shape index (κ3) is 3.39. The van der Waals surface area contributed by atoms with Gasteiger partial charge in [0, 0.05) is 23.8 Å². The molecule has 0 spiro atoms. The van der Waals surface area contributed by atoms with E-state index < -0.39 is 0 Å². The van der Waals surface area contributed by atoms with Gasteiger partial charge >= 0.3 is 0 Å². The average molecular weight is 248 g/mol. The molecular weight excluding hydrogens is 224 g/mol. The van der Waals surface area contributed by atoms with Gasteiger partial charge in [-0.25, -0.2) is 0 Å². The highest BCUT2D eigenvalue weighted by Gasteiger charge is 2.28. The van der Waals surface area contributed by atoms with Gasteiger partial charge in [-0.2, -0.15) is 0 Å². The summed E-state index contributed by atoms with van der Waals surface area (Å²) in [5.41, 5.74) is 6.75. The molecule has 1 aromatic carbocycles. The Kier molecular flexibility index (Phi) is 3.81. The number of piperidine rings is 1. The molecule has 18 heavy (non-hydrogen) atoms. The van der Waals surface area contributed by atoms with Gasteiger partial charge in [0.15, 0.2) is 0 Å². The highest BCUT2D eigenvalue weighted by atomic mass is 16.5. The Hall–Kier alpha value is -1.22.